The Morgan fingerprint density at radius 1 is 1.64 bits per heavy atom. The Balaban J connectivity index is 2.34. The van der Waals surface area contributed by atoms with Gasteiger partial charge in [0, 0.05) is 5.38 Å². The van der Waals surface area contributed by atoms with E-state index in [1.54, 1.807) is 11.3 Å². The van der Waals surface area contributed by atoms with E-state index >= 15 is 0 Å². The van der Waals surface area contributed by atoms with Crippen LogP contribution >= 0.6 is 11.3 Å². The summed E-state index contributed by atoms with van der Waals surface area (Å²) in [6.07, 6.45) is 0.493. The molecule has 0 fully saturated rings. The van der Waals surface area contributed by atoms with Crippen molar-refractivity contribution in [1.82, 2.24) is 4.98 Å². The number of aromatic nitrogens is 1. The fraction of sp³-hybridized carbons (Fsp3) is 0.600. The third-order valence-electron chi connectivity index (χ3n) is 1.62. The van der Waals surface area contributed by atoms with Gasteiger partial charge < -0.3 is 4.74 Å². The number of thiazole rings is 1. The van der Waals surface area contributed by atoms with E-state index in [4.69, 9.17) is 4.74 Å². The van der Waals surface area contributed by atoms with Gasteiger partial charge in [-0.15, -0.1) is 11.3 Å². The van der Waals surface area contributed by atoms with Gasteiger partial charge in [-0.2, -0.15) is 0 Å². The SMILES string of the molecule is Cc1nc(CC(=O)COC(C)C)cs1. The Morgan fingerprint density at radius 2 is 2.36 bits per heavy atom. The van der Waals surface area contributed by atoms with Crippen LogP contribution in [0.2, 0.25) is 0 Å². The van der Waals surface area contributed by atoms with Gasteiger partial charge in [-0.1, -0.05) is 0 Å². The Kier molecular flexibility index (Phi) is 4.22. The lowest BCUT2D eigenvalue weighted by Crippen LogP contribution is -2.15. The van der Waals surface area contributed by atoms with Crippen molar-refractivity contribution in [3.63, 3.8) is 0 Å². The molecule has 0 aromatic carbocycles. The van der Waals surface area contributed by atoms with Crippen LogP contribution in [0, 0.1) is 6.92 Å². The van der Waals surface area contributed by atoms with Crippen molar-refractivity contribution in [2.24, 2.45) is 0 Å². The number of carbonyl (C=O) groups is 1. The lowest BCUT2D eigenvalue weighted by Gasteiger charge is -2.05. The fourth-order valence-corrected chi connectivity index (χ4v) is 1.61. The number of hydrogen-bond acceptors (Lipinski definition) is 4. The van der Waals surface area contributed by atoms with Gasteiger partial charge in [0.2, 0.25) is 0 Å². The standard InChI is InChI=1S/C10H15NO2S/c1-7(2)13-5-10(12)4-9-6-14-8(3)11-9/h6-7H,4-5H2,1-3H3. The molecule has 1 aromatic heterocycles. The van der Waals surface area contributed by atoms with E-state index in [0.717, 1.165) is 10.7 Å². The van der Waals surface area contributed by atoms with Crippen molar-refractivity contribution in [2.45, 2.75) is 33.3 Å². The van der Waals surface area contributed by atoms with Crippen molar-refractivity contribution in [2.75, 3.05) is 6.61 Å². The first-order valence-electron chi connectivity index (χ1n) is 4.62. The van der Waals surface area contributed by atoms with Crippen molar-refractivity contribution in [1.29, 1.82) is 0 Å². The number of ketones is 1. The van der Waals surface area contributed by atoms with Crippen LogP contribution in [0.4, 0.5) is 0 Å². The second kappa shape index (κ2) is 5.22. The quantitative estimate of drug-likeness (QED) is 0.751. The summed E-state index contributed by atoms with van der Waals surface area (Å²) >= 11 is 1.57. The Hall–Kier alpha value is -0.740. The molecule has 0 spiro atoms. The predicted molar refractivity (Wildman–Crippen MR) is 56.7 cm³/mol. The minimum Gasteiger partial charge on any atom is -0.371 e. The number of ether oxygens (including phenoxy) is 1. The van der Waals surface area contributed by atoms with Crippen LogP contribution in [0.1, 0.15) is 24.5 Å². The molecule has 78 valence electrons. The molecule has 14 heavy (non-hydrogen) atoms. The van der Waals surface area contributed by atoms with Crippen LogP contribution in [0.15, 0.2) is 5.38 Å². The molecule has 1 aromatic rings. The highest BCUT2D eigenvalue weighted by molar-refractivity contribution is 7.09. The summed E-state index contributed by atoms with van der Waals surface area (Å²) < 4.78 is 5.21. The van der Waals surface area contributed by atoms with Crippen LogP contribution in [0.5, 0.6) is 0 Å². The van der Waals surface area contributed by atoms with E-state index < -0.39 is 0 Å². The maximum Gasteiger partial charge on any atom is 0.164 e. The molecular formula is C10H15NO2S. The summed E-state index contributed by atoms with van der Waals surface area (Å²) in [4.78, 5) is 15.6. The number of Topliss-reactive ketones (excluding diaryl/α,β-unsaturated/α-hetero) is 1. The van der Waals surface area contributed by atoms with Gasteiger partial charge in [-0.25, -0.2) is 4.98 Å². The Labute approximate surface area is 88.1 Å². The highest BCUT2D eigenvalue weighted by Gasteiger charge is 2.07. The van der Waals surface area contributed by atoms with Gasteiger partial charge in [0.15, 0.2) is 5.78 Å². The van der Waals surface area contributed by atoms with Crippen LogP contribution in [0.3, 0.4) is 0 Å². The van der Waals surface area contributed by atoms with Crippen LogP contribution < -0.4 is 0 Å². The molecule has 4 heteroatoms. The van der Waals surface area contributed by atoms with Gasteiger partial charge >= 0.3 is 0 Å². The Morgan fingerprint density at radius 3 is 2.86 bits per heavy atom. The number of nitrogens with zero attached hydrogens (tertiary/aromatic N) is 1. The van der Waals surface area contributed by atoms with Crippen LogP contribution in [-0.2, 0) is 16.0 Å². The molecule has 0 aliphatic heterocycles. The molecular weight excluding hydrogens is 198 g/mol. The molecule has 0 N–H and O–H groups in total. The average molecular weight is 213 g/mol. The molecule has 0 atom stereocenters. The minimum absolute atomic E-state index is 0.0870. The number of aryl methyl sites for hydroxylation is 1. The fourth-order valence-electron chi connectivity index (χ4n) is 1.00. The Bertz CT molecular complexity index is 307. The average Bonchev–Trinajstić information content (AvgIpc) is 2.48. The monoisotopic (exact) mass is 213 g/mol. The maximum atomic E-state index is 11.4. The smallest absolute Gasteiger partial charge is 0.164 e. The van der Waals surface area contributed by atoms with Crippen LogP contribution in [0.25, 0.3) is 0 Å². The first-order valence-corrected chi connectivity index (χ1v) is 5.50. The molecule has 0 saturated heterocycles. The second-order valence-corrected chi connectivity index (χ2v) is 4.50. The summed E-state index contributed by atoms with van der Waals surface area (Å²) in [5.74, 6) is 0.0870. The molecule has 0 radical (unpaired) electrons. The third-order valence-corrected chi connectivity index (χ3v) is 2.44. The maximum absolute atomic E-state index is 11.4. The number of carbonyl (C=O) groups excluding carboxylic acids is 1. The zero-order valence-corrected chi connectivity index (χ0v) is 9.56. The van der Waals surface area contributed by atoms with Gasteiger partial charge in [-0.3, -0.25) is 4.79 Å². The molecule has 0 aliphatic carbocycles. The number of rotatable bonds is 5. The highest BCUT2D eigenvalue weighted by Crippen LogP contribution is 2.08. The summed E-state index contributed by atoms with van der Waals surface area (Å²) in [7, 11) is 0. The van der Waals surface area contributed by atoms with E-state index in [2.05, 4.69) is 4.98 Å². The minimum atomic E-state index is 0.0870. The molecule has 0 bridgehead atoms. The molecule has 0 unspecified atom stereocenters. The third kappa shape index (κ3) is 3.98. The van der Waals surface area contributed by atoms with Gasteiger partial charge in [-0.05, 0) is 20.8 Å². The van der Waals surface area contributed by atoms with Gasteiger partial charge in [0.25, 0.3) is 0 Å². The lowest BCUT2D eigenvalue weighted by atomic mass is 10.2. The molecule has 0 saturated carbocycles. The zero-order valence-electron chi connectivity index (χ0n) is 8.74. The molecule has 1 rings (SSSR count). The largest absolute Gasteiger partial charge is 0.371 e. The molecule has 0 aliphatic rings. The van der Waals surface area contributed by atoms with Gasteiger partial charge in [0.05, 0.1) is 23.2 Å². The van der Waals surface area contributed by atoms with E-state index in [9.17, 15) is 4.79 Å². The van der Waals surface area contributed by atoms with E-state index in [1.807, 2.05) is 26.2 Å². The van der Waals surface area contributed by atoms with Crippen molar-refractivity contribution < 1.29 is 9.53 Å². The normalized spacial score (nSPS) is 10.9. The van der Waals surface area contributed by atoms with Crippen LogP contribution in [-0.4, -0.2) is 23.5 Å². The van der Waals surface area contributed by atoms with Gasteiger partial charge in [0.1, 0.15) is 6.61 Å². The van der Waals surface area contributed by atoms with Crippen molar-refractivity contribution in [3.05, 3.63) is 16.1 Å². The summed E-state index contributed by atoms with van der Waals surface area (Å²) in [6, 6.07) is 0. The summed E-state index contributed by atoms with van der Waals surface area (Å²) in [6.45, 7) is 5.96. The number of hydrogen-bond donors (Lipinski definition) is 0. The molecule has 3 nitrogen and oxygen atoms in total. The molecule has 1 heterocycles. The summed E-state index contributed by atoms with van der Waals surface area (Å²) in [5.41, 5.74) is 0.852. The molecule has 0 amide bonds. The highest BCUT2D eigenvalue weighted by atomic mass is 32.1. The first kappa shape index (κ1) is 11.3. The first-order chi connectivity index (χ1) is 6.58. The van der Waals surface area contributed by atoms with E-state index in [-0.39, 0.29) is 18.5 Å². The zero-order chi connectivity index (χ0) is 10.6. The topological polar surface area (TPSA) is 39.2 Å². The van der Waals surface area contributed by atoms with E-state index in [1.165, 1.54) is 0 Å². The lowest BCUT2D eigenvalue weighted by molar-refractivity contribution is -0.124. The predicted octanol–water partition coefficient (Wildman–Crippen LogP) is 1.99. The summed E-state index contributed by atoms with van der Waals surface area (Å²) in [5, 5.41) is 2.92. The van der Waals surface area contributed by atoms with Crippen molar-refractivity contribution >= 4 is 17.1 Å². The van der Waals surface area contributed by atoms with Crippen molar-refractivity contribution in [3.8, 4) is 0 Å². The second-order valence-electron chi connectivity index (χ2n) is 3.43. The van der Waals surface area contributed by atoms with E-state index in [0.29, 0.717) is 6.42 Å².